The molecule has 0 bridgehead atoms. The Morgan fingerprint density at radius 3 is 2.68 bits per heavy atom. The molecule has 19 heavy (non-hydrogen) atoms. The molecule has 1 N–H and O–H groups in total. The molecule has 0 atom stereocenters. The molecule has 0 spiro atoms. The van der Waals surface area contributed by atoms with Crippen molar-refractivity contribution >= 4 is 23.2 Å². The maximum Gasteiger partial charge on any atom is 0.0573 e. The highest BCUT2D eigenvalue weighted by molar-refractivity contribution is 6.35. The second-order valence-electron chi connectivity index (χ2n) is 4.30. The summed E-state index contributed by atoms with van der Waals surface area (Å²) in [4.78, 5) is 4.40. The van der Waals surface area contributed by atoms with E-state index in [0.717, 1.165) is 24.2 Å². The Kier molecular flexibility index (Phi) is 5.20. The SMILES string of the molecule is CCc1cccnc1CNCc1ccc(Cl)cc1Cl. The fraction of sp³-hybridized carbons (Fsp3) is 0.267. The van der Waals surface area contributed by atoms with Crippen LogP contribution in [0.25, 0.3) is 0 Å². The van der Waals surface area contributed by atoms with Crippen LogP contribution in [0.2, 0.25) is 10.0 Å². The van der Waals surface area contributed by atoms with E-state index >= 15 is 0 Å². The monoisotopic (exact) mass is 294 g/mol. The summed E-state index contributed by atoms with van der Waals surface area (Å²) >= 11 is 12.0. The highest BCUT2D eigenvalue weighted by Gasteiger charge is 2.03. The zero-order valence-electron chi connectivity index (χ0n) is 10.8. The molecular formula is C15H16Cl2N2. The van der Waals surface area contributed by atoms with Crippen molar-refractivity contribution in [3.05, 3.63) is 63.4 Å². The van der Waals surface area contributed by atoms with E-state index < -0.39 is 0 Å². The van der Waals surface area contributed by atoms with Gasteiger partial charge in [-0.15, -0.1) is 0 Å². The summed E-state index contributed by atoms with van der Waals surface area (Å²) in [6.45, 7) is 3.58. The minimum Gasteiger partial charge on any atom is -0.307 e. The summed E-state index contributed by atoms with van der Waals surface area (Å²) in [5.74, 6) is 0. The Morgan fingerprint density at radius 1 is 1.11 bits per heavy atom. The lowest BCUT2D eigenvalue weighted by molar-refractivity contribution is 0.673. The van der Waals surface area contributed by atoms with Gasteiger partial charge in [-0.1, -0.05) is 42.3 Å². The number of halogens is 2. The van der Waals surface area contributed by atoms with Gasteiger partial charge in [0, 0.05) is 29.3 Å². The van der Waals surface area contributed by atoms with Gasteiger partial charge in [0.25, 0.3) is 0 Å². The average Bonchev–Trinajstić information content (AvgIpc) is 2.42. The van der Waals surface area contributed by atoms with Crippen molar-refractivity contribution in [2.75, 3.05) is 0 Å². The van der Waals surface area contributed by atoms with Gasteiger partial charge in [-0.2, -0.15) is 0 Å². The molecule has 0 radical (unpaired) electrons. The number of nitrogens with zero attached hydrogens (tertiary/aromatic N) is 1. The lowest BCUT2D eigenvalue weighted by Gasteiger charge is -2.09. The third-order valence-electron chi connectivity index (χ3n) is 2.99. The molecule has 0 aliphatic carbocycles. The number of hydrogen-bond donors (Lipinski definition) is 1. The number of aromatic nitrogens is 1. The van der Waals surface area contributed by atoms with Crippen LogP contribution in [0.3, 0.4) is 0 Å². The van der Waals surface area contributed by atoms with Crippen molar-refractivity contribution in [2.24, 2.45) is 0 Å². The predicted octanol–water partition coefficient (Wildman–Crippen LogP) is 4.24. The summed E-state index contributed by atoms with van der Waals surface area (Å²) < 4.78 is 0. The topological polar surface area (TPSA) is 24.9 Å². The Labute approximate surface area is 123 Å². The van der Waals surface area contributed by atoms with Crippen molar-refractivity contribution in [3.63, 3.8) is 0 Å². The molecule has 2 nitrogen and oxygen atoms in total. The molecule has 1 heterocycles. The van der Waals surface area contributed by atoms with Crippen LogP contribution in [0, 0.1) is 0 Å². The van der Waals surface area contributed by atoms with Gasteiger partial charge < -0.3 is 5.32 Å². The number of rotatable bonds is 5. The summed E-state index contributed by atoms with van der Waals surface area (Å²) in [6.07, 6.45) is 2.82. The Hall–Kier alpha value is -1.09. The van der Waals surface area contributed by atoms with Crippen molar-refractivity contribution < 1.29 is 0 Å². The number of pyridine rings is 1. The van der Waals surface area contributed by atoms with Crippen molar-refractivity contribution in [3.8, 4) is 0 Å². The molecule has 0 aliphatic rings. The fourth-order valence-electron chi connectivity index (χ4n) is 1.93. The third-order valence-corrected chi connectivity index (χ3v) is 3.58. The smallest absolute Gasteiger partial charge is 0.0573 e. The first-order chi connectivity index (χ1) is 9.20. The molecule has 4 heteroatoms. The third kappa shape index (κ3) is 3.93. The quantitative estimate of drug-likeness (QED) is 0.892. The number of hydrogen-bond acceptors (Lipinski definition) is 2. The average molecular weight is 295 g/mol. The van der Waals surface area contributed by atoms with Crippen LogP contribution in [-0.4, -0.2) is 4.98 Å². The molecule has 1 aromatic heterocycles. The molecule has 0 saturated heterocycles. The van der Waals surface area contributed by atoms with Gasteiger partial charge in [-0.3, -0.25) is 4.98 Å². The lowest BCUT2D eigenvalue weighted by Crippen LogP contribution is -2.15. The zero-order chi connectivity index (χ0) is 13.7. The Bertz CT molecular complexity index is 556. The molecule has 1 aromatic carbocycles. The van der Waals surface area contributed by atoms with Crippen LogP contribution in [0.1, 0.15) is 23.7 Å². The van der Waals surface area contributed by atoms with Gasteiger partial charge in [0.05, 0.1) is 5.69 Å². The first-order valence-corrected chi connectivity index (χ1v) is 7.03. The molecule has 2 rings (SSSR count). The zero-order valence-corrected chi connectivity index (χ0v) is 12.3. The minimum absolute atomic E-state index is 0.659. The minimum atomic E-state index is 0.659. The van der Waals surface area contributed by atoms with Gasteiger partial charge in [-0.05, 0) is 35.7 Å². The van der Waals surface area contributed by atoms with E-state index in [4.69, 9.17) is 23.2 Å². The molecule has 100 valence electrons. The first kappa shape index (κ1) is 14.3. The van der Waals surface area contributed by atoms with E-state index in [9.17, 15) is 0 Å². The lowest BCUT2D eigenvalue weighted by atomic mass is 10.1. The summed E-state index contributed by atoms with van der Waals surface area (Å²) in [5, 5.41) is 4.71. The van der Waals surface area contributed by atoms with Gasteiger partial charge in [0.1, 0.15) is 0 Å². The van der Waals surface area contributed by atoms with Crippen LogP contribution in [0.5, 0.6) is 0 Å². The largest absolute Gasteiger partial charge is 0.307 e. The van der Waals surface area contributed by atoms with Crippen LogP contribution in [0.4, 0.5) is 0 Å². The molecule has 0 aliphatic heterocycles. The molecule has 2 aromatic rings. The first-order valence-electron chi connectivity index (χ1n) is 6.28. The van der Waals surface area contributed by atoms with Crippen molar-refractivity contribution in [1.82, 2.24) is 10.3 Å². The van der Waals surface area contributed by atoms with E-state index in [2.05, 4.69) is 23.3 Å². The van der Waals surface area contributed by atoms with Gasteiger partial charge >= 0.3 is 0 Å². The molecule has 0 saturated carbocycles. The summed E-state index contributed by atoms with van der Waals surface area (Å²) in [6, 6.07) is 9.63. The maximum absolute atomic E-state index is 6.13. The number of aryl methyl sites for hydroxylation is 1. The second kappa shape index (κ2) is 6.90. The summed E-state index contributed by atoms with van der Waals surface area (Å²) in [7, 11) is 0. The fourth-order valence-corrected chi connectivity index (χ4v) is 2.41. The highest BCUT2D eigenvalue weighted by atomic mass is 35.5. The van der Waals surface area contributed by atoms with Gasteiger partial charge in [0.15, 0.2) is 0 Å². The van der Waals surface area contributed by atoms with E-state index in [1.165, 1.54) is 5.56 Å². The van der Waals surface area contributed by atoms with E-state index in [-0.39, 0.29) is 0 Å². The van der Waals surface area contributed by atoms with E-state index in [1.807, 2.05) is 24.4 Å². The van der Waals surface area contributed by atoms with E-state index in [0.29, 0.717) is 16.6 Å². The molecule has 0 fully saturated rings. The second-order valence-corrected chi connectivity index (χ2v) is 5.15. The molecule has 0 amide bonds. The normalized spacial score (nSPS) is 10.7. The van der Waals surface area contributed by atoms with Crippen LogP contribution in [-0.2, 0) is 19.5 Å². The van der Waals surface area contributed by atoms with Crippen LogP contribution in [0.15, 0.2) is 36.5 Å². The standard InChI is InChI=1S/C15H16Cl2N2/c1-2-11-4-3-7-19-15(11)10-18-9-12-5-6-13(16)8-14(12)17/h3-8,18H,2,9-10H2,1H3. The van der Waals surface area contributed by atoms with Crippen LogP contribution < -0.4 is 5.32 Å². The van der Waals surface area contributed by atoms with E-state index in [1.54, 1.807) is 6.07 Å². The molecule has 0 unspecified atom stereocenters. The van der Waals surface area contributed by atoms with Crippen molar-refractivity contribution in [2.45, 2.75) is 26.4 Å². The Balaban J connectivity index is 1.96. The Morgan fingerprint density at radius 2 is 1.95 bits per heavy atom. The number of nitrogens with one attached hydrogen (secondary N) is 1. The van der Waals surface area contributed by atoms with Gasteiger partial charge in [0.2, 0.25) is 0 Å². The van der Waals surface area contributed by atoms with Crippen LogP contribution >= 0.6 is 23.2 Å². The van der Waals surface area contributed by atoms with Gasteiger partial charge in [-0.25, -0.2) is 0 Å². The maximum atomic E-state index is 6.13. The molecular weight excluding hydrogens is 279 g/mol. The number of benzene rings is 1. The summed E-state index contributed by atoms with van der Waals surface area (Å²) in [5.41, 5.74) is 3.41. The van der Waals surface area contributed by atoms with Crippen molar-refractivity contribution in [1.29, 1.82) is 0 Å². The predicted molar refractivity (Wildman–Crippen MR) is 80.6 cm³/mol. The highest BCUT2D eigenvalue weighted by Crippen LogP contribution is 2.20.